The lowest BCUT2D eigenvalue weighted by Crippen LogP contribution is -2.42. The molecule has 3 rings (SSSR count). The van der Waals surface area contributed by atoms with E-state index in [0.717, 1.165) is 31.7 Å². The fraction of sp³-hybridized carbons (Fsp3) is 0.381. The van der Waals surface area contributed by atoms with Crippen LogP contribution in [0.4, 0.5) is 0 Å². The Hall–Kier alpha value is -2.17. The van der Waals surface area contributed by atoms with Crippen LogP contribution in [0.5, 0.6) is 0 Å². The fourth-order valence-corrected chi connectivity index (χ4v) is 3.62. The molecule has 1 aliphatic heterocycles. The van der Waals surface area contributed by atoms with Crippen molar-refractivity contribution < 1.29 is 4.79 Å². The third-order valence-corrected chi connectivity index (χ3v) is 4.88. The number of nitrogens with two attached hydrogens (primary N) is 1. The first-order valence-electron chi connectivity index (χ1n) is 9.06. The number of likely N-dealkylation sites (tertiary alicyclic amines) is 1. The van der Waals surface area contributed by atoms with E-state index in [0.29, 0.717) is 5.92 Å². The van der Waals surface area contributed by atoms with Crippen LogP contribution in [0.2, 0.25) is 0 Å². The van der Waals surface area contributed by atoms with Gasteiger partial charge in [0.05, 0.1) is 0 Å². The van der Waals surface area contributed by atoms with Crippen LogP contribution >= 0.6 is 0 Å². The standard InChI is InChI=1S/C21H27N3O/c22-21(25)20(19-11-5-2-6-12-19)23-14-18-10-7-13-24(16-18)15-17-8-3-1-4-9-17/h1-6,8-9,11-12,18,20,23H,7,10,13-16H2,(H2,22,25)/t18-,20+/m1/s1. The third kappa shape index (κ3) is 5.15. The first-order chi connectivity index (χ1) is 12.2. The Morgan fingerprint density at radius 1 is 1.12 bits per heavy atom. The van der Waals surface area contributed by atoms with Crippen LogP contribution in [0.15, 0.2) is 60.7 Å². The molecule has 1 fully saturated rings. The van der Waals surface area contributed by atoms with Crippen molar-refractivity contribution in [1.82, 2.24) is 10.2 Å². The predicted octanol–water partition coefficient (Wildman–Crippen LogP) is 2.71. The average Bonchev–Trinajstić information content (AvgIpc) is 2.64. The number of hydrogen-bond donors (Lipinski definition) is 2. The lowest BCUT2D eigenvalue weighted by Gasteiger charge is -2.33. The maximum atomic E-state index is 11.8. The number of carbonyl (C=O) groups is 1. The normalized spacial score (nSPS) is 19.4. The van der Waals surface area contributed by atoms with Gasteiger partial charge in [-0.1, -0.05) is 60.7 Å². The molecule has 0 spiro atoms. The van der Waals surface area contributed by atoms with Crippen molar-refractivity contribution in [1.29, 1.82) is 0 Å². The molecule has 0 radical (unpaired) electrons. The summed E-state index contributed by atoms with van der Waals surface area (Å²) in [4.78, 5) is 14.3. The van der Waals surface area contributed by atoms with Gasteiger partial charge >= 0.3 is 0 Å². The average molecular weight is 337 g/mol. The van der Waals surface area contributed by atoms with Crippen molar-refractivity contribution >= 4 is 5.91 Å². The van der Waals surface area contributed by atoms with Gasteiger partial charge in [0, 0.05) is 19.6 Å². The number of nitrogens with one attached hydrogen (secondary N) is 1. The van der Waals surface area contributed by atoms with Crippen LogP contribution in [-0.2, 0) is 11.3 Å². The summed E-state index contributed by atoms with van der Waals surface area (Å²) in [5, 5.41) is 3.39. The van der Waals surface area contributed by atoms with Gasteiger partial charge in [-0.2, -0.15) is 0 Å². The van der Waals surface area contributed by atoms with E-state index in [4.69, 9.17) is 5.73 Å². The first kappa shape index (κ1) is 17.6. The summed E-state index contributed by atoms with van der Waals surface area (Å²) in [5.41, 5.74) is 7.90. The molecule has 4 nitrogen and oxygen atoms in total. The van der Waals surface area contributed by atoms with E-state index in [2.05, 4.69) is 40.5 Å². The molecule has 0 aromatic heterocycles. The van der Waals surface area contributed by atoms with Crippen LogP contribution in [0.1, 0.15) is 30.0 Å². The number of amides is 1. The van der Waals surface area contributed by atoms with E-state index in [1.165, 1.54) is 18.4 Å². The van der Waals surface area contributed by atoms with Crippen LogP contribution in [0.25, 0.3) is 0 Å². The van der Waals surface area contributed by atoms with Crippen LogP contribution in [-0.4, -0.2) is 30.4 Å². The summed E-state index contributed by atoms with van der Waals surface area (Å²) in [6.07, 6.45) is 2.39. The van der Waals surface area contributed by atoms with Crippen molar-refractivity contribution in [3.63, 3.8) is 0 Å². The van der Waals surface area contributed by atoms with Gasteiger partial charge in [-0.3, -0.25) is 9.69 Å². The van der Waals surface area contributed by atoms with Gasteiger partial charge in [-0.15, -0.1) is 0 Å². The molecule has 0 unspecified atom stereocenters. The highest BCUT2D eigenvalue weighted by Crippen LogP contribution is 2.20. The molecular formula is C21H27N3O. The number of carbonyl (C=O) groups excluding carboxylic acids is 1. The van der Waals surface area contributed by atoms with Crippen molar-refractivity contribution in [3.8, 4) is 0 Å². The summed E-state index contributed by atoms with van der Waals surface area (Å²) >= 11 is 0. The van der Waals surface area contributed by atoms with E-state index < -0.39 is 6.04 Å². The van der Waals surface area contributed by atoms with E-state index in [-0.39, 0.29) is 5.91 Å². The zero-order chi connectivity index (χ0) is 17.5. The second-order valence-corrected chi connectivity index (χ2v) is 6.88. The number of piperidine rings is 1. The van der Waals surface area contributed by atoms with Crippen LogP contribution < -0.4 is 11.1 Å². The zero-order valence-electron chi connectivity index (χ0n) is 14.6. The quantitative estimate of drug-likeness (QED) is 0.817. The summed E-state index contributed by atoms with van der Waals surface area (Å²) in [6.45, 7) is 4.01. The number of nitrogens with zero attached hydrogens (tertiary/aromatic N) is 1. The molecule has 0 aliphatic carbocycles. The summed E-state index contributed by atoms with van der Waals surface area (Å²) in [7, 11) is 0. The van der Waals surface area contributed by atoms with Gasteiger partial charge in [-0.05, 0) is 36.4 Å². The van der Waals surface area contributed by atoms with E-state index >= 15 is 0 Å². The fourth-order valence-electron chi connectivity index (χ4n) is 3.62. The Morgan fingerprint density at radius 2 is 1.80 bits per heavy atom. The summed E-state index contributed by atoms with van der Waals surface area (Å²) in [6, 6.07) is 19.9. The van der Waals surface area contributed by atoms with E-state index in [9.17, 15) is 4.79 Å². The maximum Gasteiger partial charge on any atom is 0.239 e. The van der Waals surface area contributed by atoms with Gasteiger partial charge in [0.1, 0.15) is 6.04 Å². The van der Waals surface area contributed by atoms with Gasteiger partial charge in [0.15, 0.2) is 0 Å². The van der Waals surface area contributed by atoms with Crippen molar-refractivity contribution in [3.05, 3.63) is 71.8 Å². The van der Waals surface area contributed by atoms with Gasteiger partial charge < -0.3 is 11.1 Å². The second kappa shape index (κ2) is 8.79. The van der Waals surface area contributed by atoms with Crippen LogP contribution in [0.3, 0.4) is 0 Å². The molecule has 1 amide bonds. The molecule has 2 atom stereocenters. The third-order valence-electron chi connectivity index (χ3n) is 4.88. The largest absolute Gasteiger partial charge is 0.368 e. The Bertz CT molecular complexity index is 659. The summed E-state index contributed by atoms with van der Waals surface area (Å²) < 4.78 is 0. The minimum atomic E-state index is -0.411. The lowest BCUT2D eigenvalue weighted by atomic mass is 9.96. The Kier molecular flexibility index (Phi) is 6.20. The zero-order valence-corrected chi connectivity index (χ0v) is 14.6. The molecular weight excluding hydrogens is 310 g/mol. The Labute approximate surface area is 150 Å². The van der Waals surface area contributed by atoms with Crippen molar-refractivity contribution in [2.24, 2.45) is 11.7 Å². The minimum Gasteiger partial charge on any atom is -0.368 e. The number of rotatable bonds is 7. The molecule has 0 saturated carbocycles. The van der Waals surface area contributed by atoms with Crippen molar-refractivity contribution in [2.75, 3.05) is 19.6 Å². The van der Waals surface area contributed by atoms with Gasteiger partial charge in [0.2, 0.25) is 5.91 Å². The Morgan fingerprint density at radius 3 is 2.48 bits per heavy atom. The van der Waals surface area contributed by atoms with Crippen molar-refractivity contribution in [2.45, 2.75) is 25.4 Å². The predicted molar refractivity (Wildman–Crippen MR) is 101 cm³/mol. The molecule has 1 heterocycles. The van der Waals surface area contributed by atoms with Gasteiger partial charge in [-0.25, -0.2) is 0 Å². The maximum absolute atomic E-state index is 11.8. The SMILES string of the molecule is NC(=O)[C@@H](NC[C@H]1CCCN(Cc2ccccc2)C1)c1ccccc1. The molecule has 1 aliphatic rings. The molecule has 0 bridgehead atoms. The monoisotopic (exact) mass is 337 g/mol. The summed E-state index contributed by atoms with van der Waals surface area (Å²) in [5.74, 6) is 0.228. The number of hydrogen-bond acceptors (Lipinski definition) is 3. The molecule has 2 aromatic carbocycles. The molecule has 2 aromatic rings. The Balaban J connectivity index is 1.54. The number of benzene rings is 2. The highest BCUT2D eigenvalue weighted by Gasteiger charge is 2.23. The molecule has 3 N–H and O–H groups in total. The first-order valence-corrected chi connectivity index (χ1v) is 9.06. The second-order valence-electron chi connectivity index (χ2n) is 6.88. The van der Waals surface area contributed by atoms with E-state index in [1.807, 2.05) is 30.3 Å². The highest BCUT2D eigenvalue weighted by atomic mass is 16.1. The topological polar surface area (TPSA) is 58.4 Å². The van der Waals surface area contributed by atoms with Crippen LogP contribution in [0, 0.1) is 5.92 Å². The lowest BCUT2D eigenvalue weighted by molar-refractivity contribution is -0.120. The molecule has 25 heavy (non-hydrogen) atoms. The van der Waals surface area contributed by atoms with E-state index in [1.54, 1.807) is 0 Å². The molecule has 4 heteroatoms. The number of primary amides is 1. The minimum absolute atomic E-state index is 0.317. The smallest absolute Gasteiger partial charge is 0.239 e. The molecule has 1 saturated heterocycles. The highest BCUT2D eigenvalue weighted by molar-refractivity contribution is 5.81. The van der Waals surface area contributed by atoms with Gasteiger partial charge in [0.25, 0.3) is 0 Å². The molecule has 132 valence electrons.